The minimum atomic E-state index is -0.360. The SMILES string of the molecule is CSCC[C@H](N)C(=O)N1C2CCC1CC(O)C2. The molecule has 3 atom stereocenters. The third-order valence-electron chi connectivity index (χ3n) is 3.91. The van der Waals surface area contributed by atoms with Crippen LogP contribution >= 0.6 is 11.8 Å². The van der Waals surface area contributed by atoms with Gasteiger partial charge in [0.15, 0.2) is 0 Å². The minimum Gasteiger partial charge on any atom is -0.393 e. The highest BCUT2D eigenvalue weighted by Gasteiger charge is 2.43. The number of fused-ring (bicyclic) bond motifs is 2. The van der Waals surface area contributed by atoms with Crippen LogP contribution in [0, 0.1) is 0 Å². The van der Waals surface area contributed by atoms with Gasteiger partial charge in [-0.15, -0.1) is 0 Å². The average molecular weight is 258 g/mol. The van der Waals surface area contributed by atoms with Crippen LogP contribution in [-0.4, -0.2) is 52.2 Å². The molecule has 0 saturated carbocycles. The second-order valence-electron chi connectivity index (χ2n) is 5.14. The monoisotopic (exact) mass is 258 g/mol. The highest BCUT2D eigenvalue weighted by atomic mass is 32.2. The molecule has 2 rings (SSSR count). The van der Waals surface area contributed by atoms with E-state index in [2.05, 4.69) is 0 Å². The Bertz CT molecular complexity index is 274. The number of aliphatic hydroxyl groups excluding tert-OH is 1. The van der Waals surface area contributed by atoms with Crippen molar-refractivity contribution in [3.05, 3.63) is 0 Å². The summed E-state index contributed by atoms with van der Waals surface area (Å²) in [6, 6.07) is 0.106. The normalized spacial score (nSPS) is 33.8. The number of nitrogens with zero attached hydrogens (tertiary/aromatic N) is 1. The average Bonchev–Trinajstić information content (AvgIpc) is 2.57. The fraction of sp³-hybridized carbons (Fsp3) is 0.917. The highest BCUT2D eigenvalue weighted by Crippen LogP contribution is 2.36. The largest absolute Gasteiger partial charge is 0.393 e. The number of carbonyl (C=O) groups is 1. The molecule has 3 N–H and O–H groups in total. The zero-order valence-electron chi connectivity index (χ0n) is 10.3. The number of aliphatic hydroxyl groups is 1. The molecular formula is C12H22N2O2S. The summed E-state index contributed by atoms with van der Waals surface area (Å²) in [5.74, 6) is 1.03. The van der Waals surface area contributed by atoms with E-state index < -0.39 is 0 Å². The third-order valence-corrected chi connectivity index (χ3v) is 4.56. The first-order chi connectivity index (χ1) is 8.13. The van der Waals surface area contributed by atoms with Crippen molar-refractivity contribution in [3.63, 3.8) is 0 Å². The molecule has 2 heterocycles. The van der Waals surface area contributed by atoms with Gasteiger partial charge in [0.2, 0.25) is 5.91 Å². The van der Waals surface area contributed by atoms with Crippen LogP contribution in [0.1, 0.15) is 32.1 Å². The van der Waals surface area contributed by atoms with E-state index in [0.29, 0.717) is 0 Å². The number of amides is 1. The van der Waals surface area contributed by atoms with Crippen molar-refractivity contribution in [2.24, 2.45) is 5.73 Å². The number of piperidine rings is 1. The van der Waals surface area contributed by atoms with Crippen molar-refractivity contribution in [1.82, 2.24) is 4.90 Å². The predicted molar refractivity (Wildman–Crippen MR) is 69.9 cm³/mol. The molecule has 4 nitrogen and oxygen atoms in total. The second kappa shape index (κ2) is 5.59. The summed E-state index contributed by atoms with van der Waals surface area (Å²) in [6.45, 7) is 0. The Kier molecular flexibility index (Phi) is 4.33. The van der Waals surface area contributed by atoms with E-state index in [4.69, 9.17) is 5.73 Å². The number of carbonyl (C=O) groups excluding carboxylic acids is 1. The van der Waals surface area contributed by atoms with Crippen molar-refractivity contribution in [1.29, 1.82) is 0 Å². The van der Waals surface area contributed by atoms with Crippen LogP contribution in [0.25, 0.3) is 0 Å². The molecule has 2 bridgehead atoms. The molecule has 0 radical (unpaired) electrons. The van der Waals surface area contributed by atoms with Gasteiger partial charge < -0.3 is 15.7 Å². The van der Waals surface area contributed by atoms with Gasteiger partial charge in [0, 0.05) is 12.1 Å². The number of hydrogen-bond acceptors (Lipinski definition) is 4. The van der Waals surface area contributed by atoms with Crippen LogP contribution in [0.4, 0.5) is 0 Å². The van der Waals surface area contributed by atoms with Gasteiger partial charge in [-0.2, -0.15) is 11.8 Å². The van der Waals surface area contributed by atoms with E-state index in [9.17, 15) is 9.90 Å². The first-order valence-electron chi connectivity index (χ1n) is 6.38. The van der Waals surface area contributed by atoms with Gasteiger partial charge in [-0.1, -0.05) is 0 Å². The van der Waals surface area contributed by atoms with Crippen LogP contribution in [0.3, 0.4) is 0 Å². The maximum absolute atomic E-state index is 12.3. The first kappa shape index (κ1) is 13.2. The topological polar surface area (TPSA) is 66.6 Å². The summed E-state index contributed by atoms with van der Waals surface area (Å²) in [5, 5.41) is 9.70. The molecule has 2 aliphatic rings. The van der Waals surface area contributed by atoms with E-state index in [0.717, 1.165) is 37.9 Å². The smallest absolute Gasteiger partial charge is 0.240 e. The van der Waals surface area contributed by atoms with Crippen LogP contribution in [0.15, 0.2) is 0 Å². The van der Waals surface area contributed by atoms with E-state index in [1.165, 1.54) is 0 Å². The van der Waals surface area contributed by atoms with Crippen molar-refractivity contribution < 1.29 is 9.90 Å². The Morgan fingerprint density at radius 1 is 1.47 bits per heavy atom. The summed E-state index contributed by atoms with van der Waals surface area (Å²) in [4.78, 5) is 14.3. The Labute approximate surface area is 107 Å². The Balaban J connectivity index is 1.96. The standard InChI is InChI=1S/C12H22N2O2S/c1-17-5-4-11(13)12(16)14-8-2-3-9(14)7-10(15)6-8/h8-11,15H,2-7,13H2,1H3/t8?,9?,10?,11-/m0/s1. The van der Waals surface area contributed by atoms with Crippen molar-refractivity contribution in [2.45, 2.75) is 56.3 Å². The van der Waals surface area contributed by atoms with Crippen LogP contribution in [0.5, 0.6) is 0 Å². The summed E-state index contributed by atoms with van der Waals surface area (Å²) < 4.78 is 0. The molecule has 0 aromatic carbocycles. The summed E-state index contributed by atoms with van der Waals surface area (Å²) in [5.41, 5.74) is 5.95. The Morgan fingerprint density at radius 2 is 2.06 bits per heavy atom. The molecule has 2 saturated heterocycles. The minimum absolute atomic E-state index is 0.0958. The third kappa shape index (κ3) is 2.77. The Morgan fingerprint density at radius 3 is 2.59 bits per heavy atom. The lowest BCUT2D eigenvalue weighted by molar-refractivity contribution is -0.138. The second-order valence-corrected chi connectivity index (χ2v) is 6.13. The fourth-order valence-electron chi connectivity index (χ4n) is 3.07. The van der Waals surface area contributed by atoms with Gasteiger partial charge in [-0.05, 0) is 44.1 Å². The van der Waals surface area contributed by atoms with E-state index in [-0.39, 0.29) is 30.1 Å². The molecular weight excluding hydrogens is 236 g/mol. The molecule has 1 amide bonds. The zero-order chi connectivity index (χ0) is 12.4. The molecule has 5 heteroatoms. The predicted octanol–water partition coefficient (Wildman–Crippen LogP) is 0.581. The van der Waals surface area contributed by atoms with Crippen molar-refractivity contribution in [2.75, 3.05) is 12.0 Å². The molecule has 2 fully saturated rings. The molecule has 0 aromatic rings. The van der Waals surface area contributed by atoms with Gasteiger partial charge in [0.1, 0.15) is 0 Å². The van der Waals surface area contributed by atoms with E-state index >= 15 is 0 Å². The van der Waals surface area contributed by atoms with Crippen molar-refractivity contribution in [3.8, 4) is 0 Å². The van der Waals surface area contributed by atoms with Gasteiger partial charge >= 0.3 is 0 Å². The Hall–Kier alpha value is -0.260. The quantitative estimate of drug-likeness (QED) is 0.774. The summed E-state index contributed by atoms with van der Waals surface area (Å²) in [6.07, 6.45) is 6.08. The molecule has 2 unspecified atom stereocenters. The number of hydrogen-bond donors (Lipinski definition) is 2. The summed E-state index contributed by atoms with van der Waals surface area (Å²) in [7, 11) is 0. The lowest BCUT2D eigenvalue weighted by atomic mass is 9.98. The fourth-order valence-corrected chi connectivity index (χ4v) is 3.56. The van der Waals surface area contributed by atoms with Crippen LogP contribution in [0.2, 0.25) is 0 Å². The molecule has 2 aliphatic heterocycles. The van der Waals surface area contributed by atoms with Gasteiger partial charge in [0.25, 0.3) is 0 Å². The van der Waals surface area contributed by atoms with E-state index in [1.54, 1.807) is 11.8 Å². The number of thioether (sulfide) groups is 1. The van der Waals surface area contributed by atoms with E-state index in [1.807, 2.05) is 11.2 Å². The lowest BCUT2D eigenvalue weighted by Crippen LogP contribution is -2.53. The van der Waals surface area contributed by atoms with Crippen LogP contribution in [-0.2, 0) is 4.79 Å². The summed E-state index contributed by atoms with van der Waals surface area (Å²) >= 11 is 1.72. The van der Waals surface area contributed by atoms with Crippen molar-refractivity contribution >= 4 is 17.7 Å². The molecule has 0 aliphatic carbocycles. The van der Waals surface area contributed by atoms with Crippen LogP contribution < -0.4 is 5.73 Å². The zero-order valence-corrected chi connectivity index (χ0v) is 11.2. The molecule has 98 valence electrons. The lowest BCUT2D eigenvalue weighted by Gasteiger charge is -2.38. The number of nitrogens with two attached hydrogens (primary N) is 1. The highest BCUT2D eigenvalue weighted by molar-refractivity contribution is 7.98. The maximum Gasteiger partial charge on any atom is 0.240 e. The maximum atomic E-state index is 12.3. The van der Waals surface area contributed by atoms with Gasteiger partial charge in [-0.25, -0.2) is 0 Å². The first-order valence-corrected chi connectivity index (χ1v) is 7.77. The molecule has 0 spiro atoms. The molecule has 17 heavy (non-hydrogen) atoms. The van der Waals surface area contributed by atoms with Gasteiger partial charge in [0.05, 0.1) is 12.1 Å². The molecule has 0 aromatic heterocycles. The number of rotatable bonds is 4. The van der Waals surface area contributed by atoms with Gasteiger partial charge in [-0.3, -0.25) is 4.79 Å².